The molecule has 0 aromatic rings. The summed E-state index contributed by atoms with van der Waals surface area (Å²) in [5.74, 6) is 2.40. The number of hydrogen-bond acceptors (Lipinski definition) is 3. The van der Waals surface area contributed by atoms with Gasteiger partial charge in [0.15, 0.2) is 0 Å². The number of carbonyl (C=O) groups excluding carboxylic acids is 2. The van der Waals surface area contributed by atoms with Crippen LogP contribution in [0.1, 0.15) is 65.2 Å². The lowest BCUT2D eigenvalue weighted by Crippen LogP contribution is -2.50. The summed E-state index contributed by atoms with van der Waals surface area (Å²) in [6.07, 6.45) is 9.68. The number of carbonyl (C=O) groups is 2. The first kappa shape index (κ1) is 16.2. The minimum absolute atomic E-state index is 0.0553. The predicted molar refractivity (Wildman–Crippen MR) is 91.2 cm³/mol. The standard InChI is InChI=1S/C20H29NO3/c1-19-9-7-13(24-18(21)23)11-12(19)3-4-14-15-5-6-17(22)20(15,2)10-8-16(14)19/h3,13-16H,4-11H2,1-2H3,(H2,21,23)/t13-,14?,15?,16?,19+,20+/m1/s1. The molecule has 24 heavy (non-hydrogen) atoms. The second-order valence-electron chi connectivity index (χ2n) is 8.98. The van der Waals surface area contributed by atoms with Crippen molar-refractivity contribution in [2.45, 2.75) is 71.3 Å². The van der Waals surface area contributed by atoms with Gasteiger partial charge in [-0.25, -0.2) is 4.79 Å². The number of nitrogens with two attached hydrogens (primary N) is 1. The van der Waals surface area contributed by atoms with Gasteiger partial charge in [-0.15, -0.1) is 0 Å². The quantitative estimate of drug-likeness (QED) is 0.739. The van der Waals surface area contributed by atoms with Crippen LogP contribution in [0.4, 0.5) is 4.79 Å². The molecule has 4 rings (SSSR count). The molecule has 3 saturated carbocycles. The van der Waals surface area contributed by atoms with Gasteiger partial charge in [0.25, 0.3) is 0 Å². The summed E-state index contributed by atoms with van der Waals surface area (Å²) >= 11 is 0. The van der Waals surface area contributed by atoms with Crippen LogP contribution in [0.5, 0.6) is 0 Å². The maximum atomic E-state index is 12.4. The normalized spacial score (nSPS) is 47.2. The van der Waals surface area contributed by atoms with Crippen molar-refractivity contribution < 1.29 is 14.3 Å². The van der Waals surface area contributed by atoms with E-state index in [1.807, 2.05) is 0 Å². The Kier molecular flexibility index (Phi) is 3.59. The van der Waals surface area contributed by atoms with Crippen LogP contribution in [0.2, 0.25) is 0 Å². The van der Waals surface area contributed by atoms with Crippen molar-refractivity contribution in [1.29, 1.82) is 0 Å². The number of allylic oxidation sites excluding steroid dienone is 1. The lowest BCUT2D eigenvalue weighted by Gasteiger charge is -2.56. The Morgan fingerprint density at radius 1 is 1.17 bits per heavy atom. The molecule has 0 aromatic carbocycles. The monoisotopic (exact) mass is 331 g/mol. The molecule has 0 bridgehead atoms. The van der Waals surface area contributed by atoms with Crippen molar-refractivity contribution >= 4 is 11.9 Å². The van der Waals surface area contributed by atoms with Crippen LogP contribution in [-0.2, 0) is 9.53 Å². The molecule has 4 aliphatic carbocycles. The summed E-state index contributed by atoms with van der Waals surface area (Å²) in [4.78, 5) is 23.5. The summed E-state index contributed by atoms with van der Waals surface area (Å²) in [6.45, 7) is 4.64. The first-order valence-corrected chi connectivity index (χ1v) is 9.53. The van der Waals surface area contributed by atoms with Crippen molar-refractivity contribution in [2.24, 2.45) is 34.3 Å². The molecule has 132 valence electrons. The summed E-state index contributed by atoms with van der Waals surface area (Å²) in [7, 11) is 0. The average molecular weight is 331 g/mol. The van der Waals surface area contributed by atoms with E-state index in [2.05, 4.69) is 19.9 Å². The molecule has 0 aliphatic heterocycles. The van der Waals surface area contributed by atoms with Crippen LogP contribution in [-0.4, -0.2) is 18.0 Å². The Morgan fingerprint density at radius 3 is 2.62 bits per heavy atom. The fraction of sp³-hybridized carbons (Fsp3) is 0.800. The zero-order valence-corrected chi connectivity index (χ0v) is 14.8. The maximum Gasteiger partial charge on any atom is 0.404 e. The minimum Gasteiger partial charge on any atom is -0.446 e. The van der Waals surface area contributed by atoms with E-state index in [1.165, 1.54) is 12.0 Å². The summed E-state index contributed by atoms with van der Waals surface area (Å²) in [6, 6.07) is 0. The Morgan fingerprint density at radius 2 is 1.88 bits per heavy atom. The highest BCUT2D eigenvalue weighted by atomic mass is 16.6. The number of primary amides is 1. The van der Waals surface area contributed by atoms with Crippen LogP contribution in [0, 0.1) is 28.6 Å². The summed E-state index contributed by atoms with van der Waals surface area (Å²) in [5.41, 5.74) is 6.83. The Labute approximate surface area is 144 Å². The van der Waals surface area contributed by atoms with Crippen molar-refractivity contribution in [3.05, 3.63) is 11.6 Å². The van der Waals surface area contributed by atoms with Gasteiger partial charge in [0.2, 0.25) is 0 Å². The third-order valence-corrected chi connectivity index (χ3v) is 8.05. The molecule has 4 heteroatoms. The van der Waals surface area contributed by atoms with Crippen LogP contribution < -0.4 is 5.73 Å². The van der Waals surface area contributed by atoms with Crippen LogP contribution in [0.25, 0.3) is 0 Å². The Bertz CT molecular complexity index is 612. The predicted octanol–water partition coefficient (Wildman–Crippen LogP) is 3.98. The van der Waals surface area contributed by atoms with Crippen LogP contribution >= 0.6 is 0 Å². The number of ketones is 1. The number of amides is 1. The van der Waals surface area contributed by atoms with Gasteiger partial charge in [-0.1, -0.05) is 25.5 Å². The molecule has 0 spiro atoms. The molecule has 4 aliphatic rings. The van der Waals surface area contributed by atoms with E-state index in [1.54, 1.807) is 0 Å². The SMILES string of the molecule is C[C@]12CC[C@@H](OC(N)=O)CC1=CCC1C2CC[C@]2(C)C(=O)CCC12. The molecule has 0 saturated heterocycles. The average Bonchev–Trinajstić information content (AvgIpc) is 2.83. The maximum absolute atomic E-state index is 12.4. The first-order valence-electron chi connectivity index (χ1n) is 9.53. The van der Waals surface area contributed by atoms with Gasteiger partial charge in [-0.2, -0.15) is 0 Å². The van der Waals surface area contributed by atoms with Gasteiger partial charge in [-0.05, 0) is 61.7 Å². The van der Waals surface area contributed by atoms with Gasteiger partial charge in [0.05, 0.1) is 0 Å². The molecular formula is C20H29NO3. The second kappa shape index (κ2) is 5.34. The highest BCUT2D eigenvalue weighted by Crippen LogP contribution is 2.64. The van der Waals surface area contributed by atoms with Crippen LogP contribution in [0.3, 0.4) is 0 Å². The zero-order chi connectivity index (χ0) is 17.1. The van der Waals surface area contributed by atoms with Gasteiger partial charge in [0.1, 0.15) is 11.9 Å². The van der Waals surface area contributed by atoms with Crippen molar-refractivity contribution in [3.63, 3.8) is 0 Å². The molecule has 0 aromatic heterocycles. The first-order chi connectivity index (χ1) is 11.3. The van der Waals surface area contributed by atoms with Crippen molar-refractivity contribution in [3.8, 4) is 0 Å². The van der Waals surface area contributed by atoms with Crippen molar-refractivity contribution in [2.75, 3.05) is 0 Å². The number of Topliss-reactive ketones (excluding diaryl/α,β-unsaturated/α-hetero) is 1. The van der Waals surface area contributed by atoms with E-state index in [-0.39, 0.29) is 16.9 Å². The molecule has 0 heterocycles. The van der Waals surface area contributed by atoms with E-state index >= 15 is 0 Å². The lowest BCUT2D eigenvalue weighted by molar-refractivity contribution is -0.132. The van der Waals surface area contributed by atoms with Gasteiger partial charge < -0.3 is 10.5 Å². The second-order valence-corrected chi connectivity index (χ2v) is 8.98. The van der Waals surface area contributed by atoms with E-state index in [4.69, 9.17) is 10.5 Å². The smallest absolute Gasteiger partial charge is 0.404 e. The fourth-order valence-corrected chi connectivity index (χ4v) is 6.66. The molecule has 6 atom stereocenters. The molecule has 0 radical (unpaired) electrons. The number of hydrogen-bond donors (Lipinski definition) is 1. The number of fused-ring (bicyclic) bond motifs is 5. The van der Waals surface area contributed by atoms with E-state index < -0.39 is 6.09 Å². The Balaban J connectivity index is 1.60. The summed E-state index contributed by atoms with van der Waals surface area (Å²) in [5, 5.41) is 0. The summed E-state index contributed by atoms with van der Waals surface area (Å²) < 4.78 is 5.27. The van der Waals surface area contributed by atoms with Gasteiger partial charge in [-0.3, -0.25) is 4.79 Å². The molecule has 3 fully saturated rings. The fourth-order valence-electron chi connectivity index (χ4n) is 6.66. The van der Waals surface area contributed by atoms with E-state index in [0.717, 1.165) is 44.9 Å². The molecule has 3 unspecified atom stereocenters. The molecule has 4 nitrogen and oxygen atoms in total. The van der Waals surface area contributed by atoms with E-state index in [0.29, 0.717) is 23.5 Å². The minimum atomic E-state index is -0.657. The van der Waals surface area contributed by atoms with Crippen LogP contribution in [0.15, 0.2) is 11.6 Å². The third kappa shape index (κ3) is 2.18. The topological polar surface area (TPSA) is 69.4 Å². The highest BCUT2D eigenvalue weighted by Gasteiger charge is 2.58. The molecule has 1 amide bonds. The van der Waals surface area contributed by atoms with Crippen molar-refractivity contribution in [1.82, 2.24) is 0 Å². The molecular weight excluding hydrogens is 302 g/mol. The Hall–Kier alpha value is -1.32. The van der Waals surface area contributed by atoms with Gasteiger partial charge >= 0.3 is 6.09 Å². The van der Waals surface area contributed by atoms with E-state index in [9.17, 15) is 9.59 Å². The third-order valence-electron chi connectivity index (χ3n) is 8.05. The van der Waals surface area contributed by atoms with Gasteiger partial charge in [0, 0.05) is 18.3 Å². The lowest BCUT2D eigenvalue weighted by atomic mass is 9.48. The zero-order valence-electron chi connectivity index (χ0n) is 14.8. The molecule has 2 N–H and O–H groups in total. The number of rotatable bonds is 1. The number of ether oxygens (including phenoxy) is 1. The largest absolute Gasteiger partial charge is 0.446 e. The highest BCUT2D eigenvalue weighted by molar-refractivity contribution is 5.87.